The van der Waals surface area contributed by atoms with E-state index in [4.69, 9.17) is 10.2 Å². The summed E-state index contributed by atoms with van der Waals surface area (Å²) in [6.07, 6.45) is 2.69. The maximum atomic E-state index is 14.6. The van der Waals surface area contributed by atoms with Crippen molar-refractivity contribution in [2.24, 2.45) is 7.05 Å². The highest BCUT2D eigenvalue weighted by Gasteiger charge is 2.32. The number of benzene rings is 2. The van der Waals surface area contributed by atoms with Gasteiger partial charge < -0.3 is 9.80 Å². The van der Waals surface area contributed by atoms with E-state index in [0.29, 0.717) is 41.9 Å². The summed E-state index contributed by atoms with van der Waals surface area (Å²) in [5.74, 6) is -0.314. The normalized spacial score (nSPS) is 15.8. The molecule has 0 saturated carbocycles. The minimum absolute atomic E-state index is 0.0385. The fourth-order valence-electron chi connectivity index (χ4n) is 4.75. The first kappa shape index (κ1) is 22.7. The fraction of sp³-hybridized carbons (Fsp3) is 0.308. The molecule has 1 fully saturated rings. The maximum Gasteiger partial charge on any atom is 0.274 e. The van der Waals surface area contributed by atoms with Gasteiger partial charge in [0.05, 0.1) is 23.0 Å². The predicted octanol–water partition coefficient (Wildman–Crippen LogP) is 3.52. The molecular formula is C26H26FN7O. The van der Waals surface area contributed by atoms with Gasteiger partial charge in [0.2, 0.25) is 0 Å². The summed E-state index contributed by atoms with van der Waals surface area (Å²) >= 11 is 0. The van der Waals surface area contributed by atoms with Gasteiger partial charge in [0.1, 0.15) is 23.4 Å². The topological polar surface area (TPSA) is 83.0 Å². The molecule has 1 amide bonds. The molecule has 2 aromatic heterocycles. The van der Waals surface area contributed by atoms with Crippen LogP contribution in [0.15, 0.2) is 42.6 Å². The standard InChI is InChI=1S/C26H26FN7O/c1-16-24(26(35)33-10-9-21(15-33)31(2)3)30-25(17-5-6-18(13-28)22(27)12-17)34(16)20-7-8-23-19(11-20)14-29-32(23)4/h5-8,11-12,14,21H,9-10,15H2,1-4H3/t21-/m0/s1. The first-order chi connectivity index (χ1) is 16.8. The van der Waals surface area contributed by atoms with Gasteiger partial charge in [-0.1, -0.05) is 0 Å². The van der Waals surface area contributed by atoms with Gasteiger partial charge in [-0.25, -0.2) is 9.37 Å². The molecule has 5 rings (SSSR count). The van der Waals surface area contributed by atoms with E-state index in [9.17, 15) is 9.18 Å². The van der Waals surface area contributed by atoms with Crippen LogP contribution in [0.1, 0.15) is 28.2 Å². The van der Waals surface area contributed by atoms with Gasteiger partial charge in [-0.3, -0.25) is 14.0 Å². The summed E-state index contributed by atoms with van der Waals surface area (Å²) in [6, 6.07) is 12.4. The van der Waals surface area contributed by atoms with Crippen molar-refractivity contribution in [3.8, 4) is 23.1 Å². The first-order valence-corrected chi connectivity index (χ1v) is 11.5. The van der Waals surface area contributed by atoms with Gasteiger partial charge in [0.25, 0.3) is 5.91 Å². The Morgan fingerprint density at radius 3 is 2.71 bits per heavy atom. The van der Waals surface area contributed by atoms with E-state index in [1.54, 1.807) is 16.9 Å². The highest BCUT2D eigenvalue weighted by atomic mass is 19.1. The average Bonchev–Trinajstić information content (AvgIpc) is 3.56. The Bertz CT molecular complexity index is 1490. The SMILES string of the molecule is Cc1c(C(=O)N2CC[C@H](N(C)C)C2)nc(-c2ccc(C#N)c(F)c2)n1-c1ccc2c(cnn2C)c1. The number of aromatic nitrogens is 4. The number of amides is 1. The summed E-state index contributed by atoms with van der Waals surface area (Å²) in [5.41, 5.74) is 3.23. The number of aryl methyl sites for hydroxylation is 1. The zero-order chi connectivity index (χ0) is 24.9. The van der Waals surface area contributed by atoms with Crippen LogP contribution in [0.25, 0.3) is 28.0 Å². The molecular weight excluding hydrogens is 445 g/mol. The second kappa shape index (κ2) is 8.64. The van der Waals surface area contributed by atoms with Crippen LogP contribution < -0.4 is 0 Å². The number of halogens is 1. The highest BCUT2D eigenvalue weighted by Crippen LogP contribution is 2.30. The molecule has 0 aliphatic carbocycles. The van der Waals surface area contributed by atoms with E-state index in [1.165, 1.54) is 12.1 Å². The average molecular weight is 472 g/mol. The van der Waals surface area contributed by atoms with E-state index in [2.05, 4.69) is 10.00 Å². The Morgan fingerprint density at radius 1 is 1.23 bits per heavy atom. The molecule has 35 heavy (non-hydrogen) atoms. The summed E-state index contributed by atoms with van der Waals surface area (Å²) in [4.78, 5) is 22.3. The van der Waals surface area contributed by atoms with Crippen molar-refractivity contribution in [1.82, 2.24) is 29.1 Å². The van der Waals surface area contributed by atoms with Crippen molar-refractivity contribution in [1.29, 1.82) is 5.26 Å². The van der Waals surface area contributed by atoms with Gasteiger partial charge in [0, 0.05) is 42.8 Å². The molecule has 178 valence electrons. The molecule has 0 radical (unpaired) electrons. The smallest absolute Gasteiger partial charge is 0.274 e. The number of carbonyl (C=O) groups excluding carboxylic acids is 1. The minimum Gasteiger partial charge on any atom is -0.336 e. The summed E-state index contributed by atoms with van der Waals surface area (Å²) < 4.78 is 18.2. The number of carbonyl (C=O) groups is 1. The number of nitrogens with zero attached hydrogens (tertiary/aromatic N) is 7. The third-order valence-electron chi connectivity index (χ3n) is 6.83. The summed E-state index contributed by atoms with van der Waals surface area (Å²) in [5, 5.41) is 14.4. The molecule has 1 aliphatic heterocycles. The van der Waals surface area contributed by atoms with Crippen molar-refractivity contribution < 1.29 is 9.18 Å². The predicted molar refractivity (Wildman–Crippen MR) is 131 cm³/mol. The number of imidazole rings is 1. The van der Waals surface area contributed by atoms with Gasteiger partial charge in [-0.15, -0.1) is 0 Å². The molecule has 1 saturated heterocycles. The lowest BCUT2D eigenvalue weighted by Gasteiger charge is -2.20. The van der Waals surface area contributed by atoms with Crippen molar-refractivity contribution in [2.75, 3.05) is 27.2 Å². The monoisotopic (exact) mass is 471 g/mol. The molecule has 1 atom stereocenters. The van der Waals surface area contributed by atoms with E-state index < -0.39 is 5.82 Å². The zero-order valence-electron chi connectivity index (χ0n) is 20.2. The fourth-order valence-corrected chi connectivity index (χ4v) is 4.75. The molecule has 0 unspecified atom stereocenters. The lowest BCUT2D eigenvalue weighted by Crippen LogP contribution is -2.34. The van der Waals surface area contributed by atoms with Crippen molar-refractivity contribution in [3.63, 3.8) is 0 Å². The van der Waals surface area contributed by atoms with Crippen LogP contribution in [0, 0.1) is 24.1 Å². The Morgan fingerprint density at radius 2 is 2.03 bits per heavy atom. The first-order valence-electron chi connectivity index (χ1n) is 11.5. The van der Waals surface area contributed by atoms with Gasteiger partial charge in [-0.05, 0) is 63.8 Å². The quantitative estimate of drug-likeness (QED) is 0.455. The number of hydrogen-bond acceptors (Lipinski definition) is 5. The van der Waals surface area contributed by atoms with Crippen molar-refractivity contribution >= 4 is 16.8 Å². The van der Waals surface area contributed by atoms with Crippen molar-refractivity contribution in [2.45, 2.75) is 19.4 Å². The Labute approximate surface area is 202 Å². The number of rotatable bonds is 4. The summed E-state index contributed by atoms with van der Waals surface area (Å²) in [6.45, 7) is 3.16. The third-order valence-corrected chi connectivity index (χ3v) is 6.83. The van der Waals surface area contributed by atoms with Crippen LogP contribution >= 0.6 is 0 Å². The van der Waals surface area contributed by atoms with Crippen LogP contribution in [-0.4, -0.2) is 68.3 Å². The number of fused-ring (bicyclic) bond motifs is 1. The molecule has 2 aromatic carbocycles. The molecule has 9 heteroatoms. The van der Waals surface area contributed by atoms with Gasteiger partial charge >= 0.3 is 0 Å². The lowest BCUT2D eigenvalue weighted by atomic mass is 10.1. The van der Waals surface area contributed by atoms with Crippen molar-refractivity contribution in [3.05, 3.63) is 65.4 Å². The van der Waals surface area contributed by atoms with E-state index in [-0.39, 0.29) is 11.5 Å². The second-order valence-electron chi connectivity index (χ2n) is 9.18. The highest BCUT2D eigenvalue weighted by molar-refractivity contribution is 5.95. The number of likely N-dealkylation sites (tertiary alicyclic amines) is 1. The third kappa shape index (κ3) is 3.86. The van der Waals surface area contributed by atoms with Gasteiger partial charge in [-0.2, -0.15) is 10.4 Å². The molecule has 1 aliphatic rings. The summed E-state index contributed by atoms with van der Waals surface area (Å²) in [7, 11) is 5.92. The Hall–Kier alpha value is -4.03. The molecule has 4 aromatic rings. The number of hydrogen-bond donors (Lipinski definition) is 0. The number of nitriles is 1. The van der Waals surface area contributed by atoms with Crippen LogP contribution in [0.4, 0.5) is 4.39 Å². The van der Waals surface area contributed by atoms with Crippen LogP contribution in [-0.2, 0) is 7.05 Å². The minimum atomic E-state index is -0.624. The molecule has 8 nitrogen and oxygen atoms in total. The van der Waals surface area contributed by atoms with Gasteiger partial charge in [0.15, 0.2) is 0 Å². The largest absolute Gasteiger partial charge is 0.336 e. The lowest BCUT2D eigenvalue weighted by molar-refractivity contribution is 0.0777. The van der Waals surface area contributed by atoms with E-state index in [1.807, 2.05) is 61.8 Å². The molecule has 3 heterocycles. The second-order valence-corrected chi connectivity index (χ2v) is 9.18. The number of likely N-dealkylation sites (N-methyl/N-ethyl adjacent to an activating group) is 1. The maximum absolute atomic E-state index is 14.6. The van der Waals surface area contributed by atoms with E-state index in [0.717, 1.165) is 23.0 Å². The molecule has 0 N–H and O–H groups in total. The molecule has 0 bridgehead atoms. The zero-order valence-corrected chi connectivity index (χ0v) is 20.2. The van der Waals surface area contributed by atoms with E-state index >= 15 is 0 Å². The Balaban J connectivity index is 1.65. The van der Waals surface area contributed by atoms with Crippen LogP contribution in [0.3, 0.4) is 0 Å². The van der Waals surface area contributed by atoms with Crippen LogP contribution in [0.2, 0.25) is 0 Å². The Kier molecular flexibility index (Phi) is 5.61. The van der Waals surface area contributed by atoms with Crippen LogP contribution in [0.5, 0.6) is 0 Å². The molecule has 0 spiro atoms.